The van der Waals surface area contributed by atoms with Crippen molar-refractivity contribution in [2.24, 2.45) is 0 Å². The van der Waals surface area contributed by atoms with Crippen LogP contribution in [-0.2, 0) is 27.3 Å². The summed E-state index contributed by atoms with van der Waals surface area (Å²) in [5.74, 6) is 0.251. The molecule has 0 spiro atoms. The van der Waals surface area contributed by atoms with Gasteiger partial charge in [-0.15, -0.1) is 11.8 Å². The quantitative estimate of drug-likeness (QED) is 0.573. The third-order valence-corrected chi connectivity index (χ3v) is 5.71. The maximum Gasteiger partial charge on any atom is 0.328 e. The molecule has 3 rings (SSSR count). The Kier molecular flexibility index (Phi) is 6.22. The molecule has 0 aliphatic carbocycles. The van der Waals surface area contributed by atoms with E-state index in [1.165, 1.54) is 7.11 Å². The van der Waals surface area contributed by atoms with Gasteiger partial charge in [-0.25, -0.2) is 4.79 Å². The molecule has 4 nitrogen and oxygen atoms in total. The first-order chi connectivity index (χ1) is 12.6. The van der Waals surface area contributed by atoms with Crippen LogP contribution < -0.4 is 0 Å². The Balaban J connectivity index is 1.65. The lowest BCUT2D eigenvalue weighted by molar-refractivity contribution is -0.153. The molecule has 1 atom stereocenters. The number of thioether (sulfide) groups is 1. The number of carbonyl (C=O) groups excluding carboxylic acids is 2. The van der Waals surface area contributed by atoms with Crippen LogP contribution in [0.4, 0.5) is 0 Å². The summed E-state index contributed by atoms with van der Waals surface area (Å²) in [6.45, 7) is 0.445. The first kappa shape index (κ1) is 18.8. The van der Waals surface area contributed by atoms with Crippen molar-refractivity contribution >= 4 is 35.2 Å². The smallest absolute Gasteiger partial charge is 0.328 e. The fourth-order valence-corrected chi connectivity index (χ4v) is 4.03. The van der Waals surface area contributed by atoms with Crippen molar-refractivity contribution in [2.75, 3.05) is 12.9 Å². The number of carbonyl (C=O) groups is 2. The predicted octanol–water partition coefficient (Wildman–Crippen LogP) is 3.95. The number of amides is 1. The number of ether oxygens (including phenoxy) is 1. The number of hydrogen-bond acceptors (Lipinski definition) is 4. The monoisotopic (exact) mass is 389 g/mol. The normalized spacial score (nSPS) is 16.1. The van der Waals surface area contributed by atoms with Crippen LogP contribution in [0.2, 0.25) is 5.02 Å². The molecule has 6 heteroatoms. The van der Waals surface area contributed by atoms with Crippen molar-refractivity contribution < 1.29 is 14.3 Å². The van der Waals surface area contributed by atoms with E-state index in [0.717, 1.165) is 16.0 Å². The van der Waals surface area contributed by atoms with Crippen LogP contribution in [0.3, 0.4) is 0 Å². The summed E-state index contributed by atoms with van der Waals surface area (Å²) in [7, 11) is 1.36. The molecule has 1 aliphatic rings. The van der Waals surface area contributed by atoms with Crippen LogP contribution in [0.15, 0.2) is 53.4 Å². The fraction of sp³-hybridized carbons (Fsp3) is 0.300. The Morgan fingerprint density at radius 3 is 2.54 bits per heavy atom. The van der Waals surface area contributed by atoms with Gasteiger partial charge >= 0.3 is 5.97 Å². The highest BCUT2D eigenvalue weighted by Crippen LogP contribution is 2.26. The van der Waals surface area contributed by atoms with Crippen molar-refractivity contribution in [1.82, 2.24) is 4.90 Å². The maximum atomic E-state index is 12.8. The van der Waals surface area contributed by atoms with Crippen LogP contribution in [0.25, 0.3) is 0 Å². The molecule has 0 fully saturated rings. The van der Waals surface area contributed by atoms with Crippen molar-refractivity contribution in [3.8, 4) is 0 Å². The number of fused-ring (bicyclic) bond motifs is 1. The van der Waals surface area contributed by atoms with E-state index in [9.17, 15) is 9.59 Å². The van der Waals surface area contributed by atoms with Gasteiger partial charge in [-0.1, -0.05) is 35.9 Å². The molecule has 0 saturated heterocycles. The summed E-state index contributed by atoms with van der Waals surface area (Å²) < 4.78 is 4.92. The lowest BCUT2D eigenvalue weighted by Gasteiger charge is -2.35. The first-order valence-corrected chi connectivity index (χ1v) is 9.77. The van der Waals surface area contributed by atoms with E-state index in [-0.39, 0.29) is 11.9 Å². The molecular weight excluding hydrogens is 370 g/mol. The number of nitrogens with zero attached hydrogens (tertiary/aromatic N) is 1. The second kappa shape index (κ2) is 8.60. The molecule has 0 bridgehead atoms. The van der Waals surface area contributed by atoms with E-state index < -0.39 is 6.04 Å². The Bertz CT molecular complexity index is 794. The van der Waals surface area contributed by atoms with Crippen LogP contribution in [0, 0.1) is 0 Å². The predicted molar refractivity (Wildman–Crippen MR) is 103 cm³/mol. The minimum Gasteiger partial charge on any atom is -0.467 e. The summed E-state index contributed by atoms with van der Waals surface area (Å²) in [5, 5.41) is 0.693. The SMILES string of the molecule is COC(=O)C1Cc2ccccc2CN1C(=O)CCSc1ccc(Cl)cc1. The average molecular weight is 390 g/mol. The molecule has 0 radical (unpaired) electrons. The van der Waals surface area contributed by atoms with Crippen molar-refractivity contribution in [1.29, 1.82) is 0 Å². The summed E-state index contributed by atoms with van der Waals surface area (Å²) in [6.07, 6.45) is 0.863. The van der Waals surface area contributed by atoms with Crippen LogP contribution in [-0.4, -0.2) is 35.7 Å². The highest BCUT2D eigenvalue weighted by atomic mass is 35.5. The fourth-order valence-electron chi connectivity index (χ4n) is 3.06. The van der Waals surface area contributed by atoms with E-state index in [4.69, 9.17) is 16.3 Å². The molecule has 1 unspecified atom stereocenters. The number of halogens is 1. The maximum absolute atomic E-state index is 12.8. The second-order valence-electron chi connectivity index (χ2n) is 6.09. The third-order valence-electron chi connectivity index (χ3n) is 4.44. The molecular formula is C20H20ClNO3S. The molecule has 1 amide bonds. The zero-order chi connectivity index (χ0) is 18.5. The van der Waals surface area contributed by atoms with E-state index in [2.05, 4.69) is 0 Å². The molecule has 0 saturated carbocycles. The van der Waals surface area contributed by atoms with Gasteiger partial charge in [0.05, 0.1) is 7.11 Å². The number of hydrogen-bond donors (Lipinski definition) is 0. The van der Waals surface area contributed by atoms with Crippen LogP contribution in [0.1, 0.15) is 17.5 Å². The average Bonchev–Trinajstić information content (AvgIpc) is 2.67. The number of benzene rings is 2. The Hall–Kier alpha value is -1.98. The van der Waals surface area contributed by atoms with Gasteiger partial charge in [0.15, 0.2) is 0 Å². The number of esters is 1. The molecule has 0 aromatic heterocycles. The van der Waals surface area contributed by atoms with Crippen LogP contribution >= 0.6 is 23.4 Å². The highest BCUT2D eigenvalue weighted by Gasteiger charge is 2.34. The molecule has 136 valence electrons. The van der Waals surface area contributed by atoms with Crippen molar-refractivity contribution in [2.45, 2.75) is 30.3 Å². The van der Waals surface area contributed by atoms with Gasteiger partial charge in [0.1, 0.15) is 6.04 Å². The van der Waals surface area contributed by atoms with Gasteiger partial charge in [0, 0.05) is 35.1 Å². The van der Waals surface area contributed by atoms with E-state index in [1.807, 2.05) is 48.5 Å². The minimum atomic E-state index is -0.553. The van der Waals surface area contributed by atoms with Crippen molar-refractivity contribution in [3.05, 3.63) is 64.7 Å². The molecule has 1 heterocycles. The number of methoxy groups -OCH3 is 1. The lowest BCUT2D eigenvalue weighted by atomic mass is 9.93. The van der Waals surface area contributed by atoms with Crippen molar-refractivity contribution in [3.63, 3.8) is 0 Å². The van der Waals surface area contributed by atoms with Crippen LogP contribution in [0.5, 0.6) is 0 Å². The molecule has 0 N–H and O–H groups in total. The van der Waals surface area contributed by atoms with E-state index >= 15 is 0 Å². The second-order valence-corrected chi connectivity index (χ2v) is 7.69. The number of rotatable bonds is 5. The van der Waals surface area contributed by atoms with E-state index in [1.54, 1.807) is 16.7 Å². The lowest BCUT2D eigenvalue weighted by Crippen LogP contribution is -2.49. The largest absolute Gasteiger partial charge is 0.467 e. The topological polar surface area (TPSA) is 46.6 Å². The van der Waals surface area contributed by atoms with Gasteiger partial charge < -0.3 is 9.64 Å². The molecule has 26 heavy (non-hydrogen) atoms. The molecule has 1 aliphatic heterocycles. The van der Waals surface area contributed by atoms with Gasteiger partial charge in [0.2, 0.25) is 5.91 Å². The van der Waals surface area contributed by atoms with Gasteiger partial charge in [-0.3, -0.25) is 4.79 Å². The Labute approximate surface area is 162 Å². The van der Waals surface area contributed by atoms with Gasteiger partial charge in [0.25, 0.3) is 0 Å². The zero-order valence-corrected chi connectivity index (χ0v) is 16.1. The Morgan fingerprint density at radius 1 is 1.15 bits per heavy atom. The standard InChI is InChI=1S/C20H20ClNO3S/c1-25-20(24)18-12-14-4-2-3-5-15(14)13-22(18)19(23)10-11-26-17-8-6-16(21)7-9-17/h2-9,18H,10-13H2,1H3. The summed E-state index contributed by atoms with van der Waals surface area (Å²) in [4.78, 5) is 27.7. The Morgan fingerprint density at radius 2 is 1.85 bits per heavy atom. The zero-order valence-electron chi connectivity index (χ0n) is 14.5. The van der Waals surface area contributed by atoms with Gasteiger partial charge in [-0.2, -0.15) is 0 Å². The highest BCUT2D eigenvalue weighted by molar-refractivity contribution is 7.99. The summed E-state index contributed by atoms with van der Waals surface area (Å²) >= 11 is 7.48. The molecule has 2 aromatic carbocycles. The third kappa shape index (κ3) is 4.40. The van der Waals surface area contributed by atoms with E-state index in [0.29, 0.717) is 30.2 Å². The summed E-state index contributed by atoms with van der Waals surface area (Å²) in [6, 6.07) is 14.9. The molecule has 2 aromatic rings. The minimum absolute atomic E-state index is 0.0311. The summed E-state index contributed by atoms with van der Waals surface area (Å²) in [5.41, 5.74) is 2.19. The van der Waals surface area contributed by atoms with Gasteiger partial charge in [-0.05, 0) is 35.4 Å². The first-order valence-electron chi connectivity index (χ1n) is 8.41.